The summed E-state index contributed by atoms with van der Waals surface area (Å²) in [6.07, 6.45) is 1.15. The molecule has 0 aliphatic carbocycles. The van der Waals surface area contributed by atoms with Crippen molar-refractivity contribution in [2.45, 2.75) is 18.9 Å². The number of likely N-dealkylation sites (N-methyl/N-ethyl adjacent to an activating group) is 1. The Morgan fingerprint density at radius 1 is 1.50 bits per heavy atom. The molecule has 1 aromatic carbocycles. The number of carbonyl (C=O) groups is 2. The van der Waals surface area contributed by atoms with Crippen LogP contribution in [0.2, 0.25) is 0 Å². The number of carbonyl (C=O) groups excluding carboxylic acids is 2. The van der Waals surface area contributed by atoms with Crippen LogP contribution in [0.3, 0.4) is 0 Å². The number of hydrogen-bond donors (Lipinski definition) is 1. The Balaban J connectivity index is 2.07. The van der Waals surface area contributed by atoms with Crippen molar-refractivity contribution in [1.82, 2.24) is 10.2 Å². The van der Waals surface area contributed by atoms with E-state index in [0.29, 0.717) is 30.7 Å². The van der Waals surface area contributed by atoms with E-state index in [2.05, 4.69) is 21.2 Å². The quantitative estimate of drug-likeness (QED) is 0.912. The summed E-state index contributed by atoms with van der Waals surface area (Å²) in [6.45, 7) is 0.548. The van der Waals surface area contributed by atoms with Gasteiger partial charge in [0.2, 0.25) is 5.91 Å². The molecule has 1 aliphatic rings. The second kappa shape index (κ2) is 6.26. The molecule has 1 N–H and O–H groups in total. The molecule has 2 rings (SSSR count). The van der Waals surface area contributed by atoms with E-state index in [1.165, 1.54) is 0 Å². The standard InChI is InChI=1S/C14H17BrN2O3/c1-17-8-9(3-6-13(17)18)16-14(19)11-7-10(20-2)4-5-12(11)15/h4-5,7,9H,3,6,8H2,1-2H3,(H,16,19). The Bertz CT molecular complexity index is 533. The number of halogens is 1. The van der Waals surface area contributed by atoms with E-state index >= 15 is 0 Å². The van der Waals surface area contributed by atoms with Crippen molar-refractivity contribution in [3.05, 3.63) is 28.2 Å². The van der Waals surface area contributed by atoms with Crippen LogP contribution in [0.15, 0.2) is 22.7 Å². The number of nitrogens with zero attached hydrogens (tertiary/aromatic N) is 1. The molecule has 0 saturated carbocycles. The second-order valence-electron chi connectivity index (χ2n) is 4.83. The van der Waals surface area contributed by atoms with Gasteiger partial charge >= 0.3 is 0 Å². The van der Waals surface area contributed by atoms with Crippen molar-refractivity contribution in [1.29, 1.82) is 0 Å². The molecule has 20 heavy (non-hydrogen) atoms. The van der Waals surface area contributed by atoms with Gasteiger partial charge in [-0.15, -0.1) is 0 Å². The summed E-state index contributed by atoms with van der Waals surface area (Å²) in [7, 11) is 3.31. The minimum Gasteiger partial charge on any atom is -0.497 e. The second-order valence-corrected chi connectivity index (χ2v) is 5.68. The van der Waals surface area contributed by atoms with E-state index < -0.39 is 0 Å². The zero-order chi connectivity index (χ0) is 14.7. The number of amides is 2. The number of likely N-dealkylation sites (tertiary alicyclic amines) is 1. The molecular formula is C14H17BrN2O3. The van der Waals surface area contributed by atoms with Crippen molar-refractivity contribution >= 4 is 27.7 Å². The predicted octanol–water partition coefficient (Wildman–Crippen LogP) is 1.81. The van der Waals surface area contributed by atoms with Crippen molar-refractivity contribution in [2.24, 2.45) is 0 Å². The van der Waals surface area contributed by atoms with Gasteiger partial charge in [-0.1, -0.05) is 0 Å². The molecule has 1 heterocycles. The molecule has 0 spiro atoms. The normalized spacial score (nSPS) is 18.9. The van der Waals surface area contributed by atoms with Crippen LogP contribution in [-0.2, 0) is 4.79 Å². The number of piperidine rings is 1. The number of benzene rings is 1. The third-order valence-corrected chi connectivity index (χ3v) is 4.07. The minimum absolute atomic E-state index is 0.0108. The molecule has 1 aliphatic heterocycles. The molecule has 1 atom stereocenters. The van der Waals surface area contributed by atoms with Crippen LogP contribution in [0.5, 0.6) is 5.75 Å². The number of rotatable bonds is 3. The lowest BCUT2D eigenvalue weighted by Gasteiger charge is -2.30. The average molecular weight is 341 g/mol. The smallest absolute Gasteiger partial charge is 0.252 e. The molecule has 1 unspecified atom stereocenters. The zero-order valence-electron chi connectivity index (χ0n) is 11.5. The maximum absolute atomic E-state index is 12.3. The molecule has 108 valence electrons. The highest BCUT2D eigenvalue weighted by molar-refractivity contribution is 9.10. The van der Waals surface area contributed by atoms with Gasteiger partial charge < -0.3 is 15.0 Å². The average Bonchev–Trinajstić information content (AvgIpc) is 2.43. The molecule has 0 radical (unpaired) electrons. The molecule has 0 aromatic heterocycles. The van der Waals surface area contributed by atoms with Crippen LogP contribution >= 0.6 is 15.9 Å². The van der Waals surface area contributed by atoms with Crippen molar-refractivity contribution in [3.63, 3.8) is 0 Å². The van der Waals surface area contributed by atoms with Gasteiger partial charge in [0, 0.05) is 30.5 Å². The zero-order valence-corrected chi connectivity index (χ0v) is 13.1. The maximum Gasteiger partial charge on any atom is 0.252 e. The fourth-order valence-corrected chi connectivity index (χ4v) is 2.63. The third-order valence-electron chi connectivity index (χ3n) is 3.38. The number of methoxy groups -OCH3 is 1. The first-order valence-corrected chi connectivity index (χ1v) is 7.19. The van der Waals surface area contributed by atoms with Crippen LogP contribution < -0.4 is 10.1 Å². The molecular weight excluding hydrogens is 324 g/mol. The lowest BCUT2D eigenvalue weighted by atomic mass is 10.0. The van der Waals surface area contributed by atoms with Crippen LogP contribution in [-0.4, -0.2) is 43.5 Å². The molecule has 6 heteroatoms. The Hall–Kier alpha value is -1.56. The monoisotopic (exact) mass is 340 g/mol. The summed E-state index contributed by atoms with van der Waals surface area (Å²) in [6, 6.07) is 5.25. The van der Waals surface area contributed by atoms with Crippen molar-refractivity contribution in [2.75, 3.05) is 20.7 Å². The van der Waals surface area contributed by atoms with Gasteiger partial charge in [0.25, 0.3) is 5.91 Å². The first-order valence-electron chi connectivity index (χ1n) is 6.39. The van der Waals surface area contributed by atoms with Crippen molar-refractivity contribution < 1.29 is 14.3 Å². The number of hydrogen-bond acceptors (Lipinski definition) is 3. The topological polar surface area (TPSA) is 58.6 Å². The van der Waals surface area contributed by atoms with Crippen LogP contribution in [0.1, 0.15) is 23.2 Å². The van der Waals surface area contributed by atoms with Gasteiger partial charge in [0.15, 0.2) is 0 Å². The number of nitrogens with one attached hydrogen (secondary N) is 1. The first-order chi connectivity index (χ1) is 9.51. The van der Waals surface area contributed by atoms with Crippen molar-refractivity contribution in [3.8, 4) is 5.75 Å². The molecule has 0 bridgehead atoms. The van der Waals surface area contributed by atoms with Gasteiger partial charge in [0.05, 0.1) is 12.7 Å². The Kier molecular flexibility index (Phi) is 4.65. The van der Waals surface area contributed by atoms with Crippen LogP contribution in [0.25, 0.3) is 0 Å². The van der Waals surface area contributed by atoms with E-state index in [4.69, 9.17) is 4.74 Å². The Labute approximate surface area is 126 Å². The Morgan fingerprint density at radius 3 is 2.90 bits per heavy atom. The van der Waals surface area contributed by atoms with Crippen LogP contribution in [0, 0.1) is 0 Å². The highest BCUT2D eigenvalue weighted by Gasteiger charge is 2.25. The fourth-order valence-electron chi connectivity index (χ4n) is 2.20. The fraction of sp³-hybridized carbons (Fsp3) is 0.429. The molecule has 2 amide bonds. The van der Waals surface area contributed by atoms with E-state index in [9.17, 15) is 9.59 Å². The van der Waals surface area contributed by atoms with E-state index in [-0.39, 0.29) is 17.9 Å². The first kappa shape index (κ1) is 14.8. The van der Waals surface area contributed by atoms with E-state index in [0.717, 1.165) is 4.47 Å². The lowest BCUT2D eigenvalue weighted by molar-refractivity contribution is -0.132. The predicted molar refractivity (Wildman–Crippen MR) is 78.8 cm³/mol. The molecule has 1 fully saturated rings. The van der Waals surface area contributed by atoms with E-state index in [1.54, 1.807) is 37.3 Å². The summed E-state index contributed by atoms with van der Waals surface area (Å²) < 4.78 is 5.85. The van der Waals surface area contributed by atoms with Gasteiger partial charge in [0.1, 0.15) is 5.75 Å². The summed E-state index contributed by atoms with van der Waals surface area (Å²) in [5.74, 6) is 0.593. The lowest BCUT2D eigenvalue weighted by Crippen LogP contribution is -2.48. The SMILES string of the molecule is COc1ccc(Br)c(C(=O)NC2CCC(=O)N(C)C2)c1. The summed E-state index contributed by atoms with van der Waals surface area (Å²) >= 11 is 3.37. The van der Waals surface area contributed by atoms with Gasteiger partial charge in [-0.25, -0.2) is 0 Å². The van der Waals surface area contributed by atoms with E-state index in [1.807, 2.05) is 0 Å². The molecule has 1 saturated heterocycles. The highest BCUT2D eigenvalue weighted by atomic mass is 79.9. The van der Waals surface area contributed by atoms with Gasteiger partial charge in [-0.3, -0.25) is 9.59 Å². The van der Waals surface area contributed by atoms with Gasteiger partial charge in [-0.2, -0.15) is 0 Å². The summed E-state index contributed by atoms with van der Waals surface area (Å²) in [5, 5.41) is 2.96. The summed E-state index contributed by atoms with van der Waals surface area (Å²) in [5.41, 5.74) is 0.531. The number of ether oxygens (including phenoxy) is 1. The highest BCUT2D eigenvalue weighted by Crippen LogP contribution is 2.23. The summed E-state index contributed by atoms with van der Waals surface area (Å²) in [4.78, 5) is 25.4. The van der Waals surface area contributed by atoms with Crippen LogP contribution in [0.4, 0.5) is 0 Å². The maximum atomic E-state index is 12.3. The third kappa shape index (κ3) is 3.30. The Morgan fingerprint density at radius 2 is 2.25 bits per heavy atom. The molecule has 1 aromatic rings. The largest absolute Gasteiger partial charge is 0.497 e. The van der Waals surface area contributed by atoms with Gasteiger partial charge in [-0.05, 0) is 40.5 Å². The minimum atomic E-state index is -0.163. The molecule has 5 nitrogen and oxygen atoms in total.